The van der Waals surface area contributed by atoms with E-state index in [9.17, 15) is 0 Å². The fourth-order valence-electron chi connectivity index (χ4n) is 4.06. The van der Waals surface area contributed by atoms with Crippen LogP contribution < -0.4 is 5.32 Å². The molecule has 1 N–H and O–H groups in total. The summed E-state index contributed by atoms with van der Waals surface area (Å²) in [5.41, 5.74) is 3.28. The molecule has 0 saturated heterocycles. The molecule has 1 aliphatic carbocycles. The van der Waals surface area contributed by atoms with Crippen molar-refractivity contribution in [3.05, 3.63) is 11.3 Å². The van der Waals surface area contributed by atoms with Crippen molar-refractivity contribution in [1.82, 2.24) is 5.32 Å². The quantitative estimate of drug-likeness (QED) is 0.673. The third-order valence-electron chi connectivity index (χ3n) is 4.97. The second-order valence-corrected chi connectivity index (χ2v) is 7.41. The first-order valence-corrected chi connectivity index (χ1v) is 8.90. The van der Waals surface area contributed by atoms with E-state index in [2.05, 4.69) is 47.0 Å². The number of allylic oxidation sites excluding steroid dienone is 2. The van der Waals surface area contributed by atoms with Gasteiger partial charge in [0.2, 0.25) is 0 Å². The molecule has 1 aliphatic rings. The van der Waals surface area contributed by atoms with Gasteiger partial charge in [0.05, 0.1) is 0 Å². The highest BCUT2D eigenvalue weighted by Crippen LogP contribution is 2.36. The van der Waals surface area contributed by atoms with Gasteiger partial charge < -0.3 is 5.32 Å². The summed E-state index contributed by atoms with van der Waals surface area (Å²) in [5.74, 6) is 3.25. The Kier molecular flexibility index (Phi) is 7.69. The van der Waals surface area contributed by atoms with Crippen LogP contribution in [0.25, 0.3) is 0 Å². The average molecular weight is 280 g/mol. The van der Waals surface area contributed by atoms with Crippen LogP contribution in [0.15, 0.2) is 11.3 Å². The van der Waals surface area contributed by atoms with Crippen molar-refractivity contribution in [2.45, 2.75) is 79.6 Å². The Hall–Kier alpha value is -0.460. The van der Waals surface area contributed by atoms with Crippen LogP contribution in [0.3, 0.4) is 0 Å². The molecular formula is C19H37N. The molecule has 1 rings (SSSR count). The summed E-state index contributed by atoms with van der Waals surface area (Å²) in [4.78, 5) is 0. The zero-order valence-electron chi connectivity index (χ0n) is 14.8. The molecule has 20 heavy (non-hydrogen) atoms. The van der Waals surface area contributed by atoms with E-state index in [0.717, 1.165) is 17.8 Å². The highest BCUT2D eigenvalue weighted by molar-refractivity contribution is 5.18. The predicted octanol–water partition coefficient (Wildman–Crippen LogP) is 5.77. The smallest absolute Gasteiger partial charge is 0.0125 e. The Balaban J connectivity index is 2.87. The fourth-order valence-corrected chi connectivity index (χ4v) is 4.06. The summed E-state index contributed by atoms with van der Waals surface area (Å²) in [6, 6.07) is 0. The molecule has 0 bridgehead atoms. The van der Waals surface area contributed by atoms with E-state index in [1.54, 1.807) is 5.57 Å². The molecule has 0 radical (unpaired) electrons. The van der Waals surface area contributed by atoms with Crippen molar-refractivity contribution < 1.29 is 0 Å². The molecule has 2 atom stereocenters. The molecule has 118 valence electrons. The highest BCUT2D eigenvalue weighted by atomic mass is 14.8. The van der Waals surface area contributed by atoms with Crippen molar-refractivity contribution in [2.24, 2.45) is 23.7 Å². The second kappa shape index (κ2) is 8.74. The lowest BCUT2D eigenvalue weighted by Gasteiger charge is -2.30. The number of hydrogen-bond donors (Lipinski definition) is 1. The first-order valence-electron chi connectivity index (χ1n) is 8.90. The minimum Gasteiger partial charge on any atom is -0.391 e. The third kappa shape index (κ3) is 5.14. The van der Waals surface area contributed by atoms with Crippen molar-refractivity contribution >= 4 is 0 Å². The third-order valence-corrected chi connectivity index (χ3v) is 4.97. The van der Waals surface area contributed by atoms with Crippen molar-refractivity contribution in [3.63, 3.8) is 0 Å². The van der Waals surface area contributed by atoms with Gasteiger partial charge >= 0.3 is 0 Å². The molecule has 1 heteroatoms. The van der Waals surface area contributed by atoms with E-state index < -0.39 is 0 Å². The first-order chi connectivity index (χ1) is 9.49. The maximum atomic E-state index is 3.52. The van der Waals surface area contributed by atoms with Crippen molar-refractivity contribution in [2.75, 3.05) is 7.05 Å². The molecule has 2 unspecified atom stereocenters. The Labute approximate surface area is 127 Å². The van der Waals surface area contributed by atoms with Gasteiger partial charge in [-0.2, -0.15) is 0 Å². The molecule has 0 spiro atoms. The van der Waals surface area contributed by atoms with Crippen LogP contribution in [0, 0.1) is 23.7 Å². The largest absolute Gasteiger partial charge is 0.391 e. The molecule has 0 amide bonds. The van der Waals surface area contributed by atoms with E-state index in [-0.39, 0.29) is 0 Å². The topological polar surface area (TPSA) is 12.0 Å². The fraction of sp³-hybridized carbons (Fsp3) is 0.895. The normalized spacial score (nSPS) is 27.4. The molecule has 0 aromatic heterocycles. The summed E-state index contributed by atoms with van der Waals surface area (Å²) in [7, 11) is 2.11. The van der Waals surface area contributed by atoms with Gasteiger partial charge in [0.25, 0.3) is 0 Å². The Morgan fingerprint density at radius 3 is 2.35 bits per heavy atom. The minimum absolute atomic E-state index is 0.632. The molecule has 1 saturated carbocycles. The summed E-state index contributed by atoms with van der Waals surface area (Å²) in [6.07, 6.45) is 9.74. The lowest BCUT2D eigenvalue weighted by atomic mass is 9.77. The molecular weight excluding hydrogens is 242 g/mol. The predicted molar refractivity (Wildman–Crippen MR) is 90.7 cm³/mol. The number of nitrogens with one attached hydrogen (secondary N) is 1. The van der Waals surface area contributed by atoms with Crippen LogP contribution in [-0.4, -0.2) is 7.05 Å². The van der Waals surface area contributed by atoms with Crippen LogP contribution in [0.4, 0.5) is 0 Å². The molecule has 0 aromatic rings. The van der Waals surface area contributed by atoms with Crippen LogP contribution in [0.5, 0.6) is 0 Å². The summed E-state index contributed by atoms with van der Waals surface area (Å²) >= 11 is 0. The van der Waals surface area contributed by atoms with Gasteiger partial charge in [-0.15, -0.1) is 0 Å². The first kappa shape index (κ1) is 17.6. The SMILES string of the molecule is CCC1CCCC(CC(C)C)CC/C1=C(/NC)C(C)C. The van der Waals surface area contributed by atoms with Crippen LogP contribution >= 0.6 is 0 Å². The maximum Gasteiger partial charge on any atom is 0.0125 e. The second-order valence-electron chi connectivity index (χ2n) is 7.41. The summed E-state index contributed by atoms with van der Waals surface area (Å²) in [5, 5.41) is 3.52. The van der Waals surface area contributed by atoms with Gasteiger partial charge in [0, 0.05) is 12.7 Å². The Morgan fingerprint density at radius 2 is 1.85 bits per heavy atom. The molecule has 0 heterocycles. The number of rotatable bonds is 5. The minimum atomic E-state index is 0.632. The van der Waals surface area contributed by atoms with Crippen molar-refractivity contribution in [1.29, 1.82) is 0 Å². The van der Waals surface area contributed by atoms with E-state index >= 15 is 0 Å². The van der Waals surface area contributed by atoms with E-state index in [1.807, 2.05) is 0 Å². The van der Waals surface area contributed by atoms with E-state index in [0.29, 0.717) is 5.92 Å². The Morgan fingerprint density at radius 1 is 1.15 bits per heavy atom. The van der Waals surface area contributed by atoms with E-state index in [1.165, 1.54) is 50.6 Å². The van der Waals surface area contributed by atoms with Gasteiger partial charge in [-0.25, -0.2) is 0 Å². The van der Waals surface area contributed by atoms with Gasteiger partial charge in [0.15, 0.2) is 0 Å². The molecule has 1 nitrogen and oxygen atoms in total. The highest BCUT2D eigenvalue weighted by Gasteiger charge is 2.23. The van der Waals surface area contributed by atoms with E-state index in [4.69, 9.17) is 0 Å². The van der Waals surface area contributed by atoms with Crippen LogP contribution in [0.2, 0.25) is 0 Å². The zero-order chi connectivity index (χ0) is 15.1. The molecule has 0 aliphatic heterocycles. The van der Waals surface area contributed by atoms with Gasteiger partial charge in [-0.1, -0.05) is 47.5 Å². The van der Waals surface area contributed by atoms with Gasteiger partial charge in [0.1, 0.15) is 0 Å². The maximum absolute atomic E-state index is 3.52. The van der Waals surface area contributed by atoms with Crippen LogP contribution in [0.1, 0.15) is 79.6 Å². The molecule has 0 aromatic carbocycles. The standard InChI is InChI=1S/C19H37N/c1-7-17-10-8-9-16(13-14(2)3)11-12-18(17)19(20-6)15(4)5/h14-17,20H,7-13H2,1-6H3/b19-18-. The molecule has 1 fully saturated rings. The monoisotopic (exact) mass is 279 g/mol. The zero-order valence-corrected chi connectivity index (χ0v) is 14.8. The van der Waals surface area contributed by atoms with Crippen LogP contribution in [-0.2, 0) is 0 Å². The summed E-state index contributed by atoms with van der Waals surface area (Å²) < 4.78 is 0. The number of hydrogen-bond acceptors (Lipinski definition) is 1. The van der Waals surface area contributed by atoms with Gasteiger partial charge in [-0.3, -0.25) is 0 Å². The lowest BCUT2D eigenvalue weighted by molar-refractivity contribution is 0.315. The Bertz CT molecular complexity index is 301. The summed E-state index contributed by atoms with van der Waals surface area (Å²) in [6.45, 7) is 11.8. The average Bonchev–Trinajstić information content (AvgIpc) is 2.35. The van der Waals surface area contributed by atoms with Gasteiger partial charge in [-0.05, 0) is 61.3 Å². The van der Waals surface area contributed by atoms with Crippen molar-refractivity contribution in [3.8, 4) is 0 Å². The lowest BCUT2D eigenvalue weighted by Crippen LogP contribution is -2.21.